The third-order valence-corrected chi connectivity index (χ3v) is 5.12. The topological polar surface area (TPSA) is 87.5 Å². The number of hydrogen-bond donors (Lipinski definition) is 2. The summed E-state index contributed by atoms with van der Waals surface area (Å²) in [6.45, 7) is 3.49. The van der Waals surface area contributed by atoms with Gasteiger partial charge in [0.2, 0.25) is 11.8 Å². The Kier molecular flexibility index (Phi) is 6.91. The second-order valence-corrected chi connectivity index (χ2v) is 7.64. The van der Waals surface area contributed by atoms with Gasteiger partial charge in [0.15, 0.2) is 5.82 Å². The Morgan fingerprint density at radius 3 is 2.17 bits per heavy atom. The first kappa shape index (κ1) is 20.5. The Labute approximate surface area is 173 Å². The molecular formula is C21H22N4O3S. The maximum Gasteiger partial charge on any atom is 0.248 e. The van der Waals surface area contributed by atoms with Crippen LogP contribution < -0.4 is 15.8 Å². The number of amides is 2. The molecule has 29 heavy (non-hydrogen) atoms. The number of carbonyl (C=O) groups excluding carboxylic acids is 2. The molecule has 1 heterocycles. The molecule has 8 heteroatoms. The highest BCUT2D eigenvalue weighted by Crippen LogP contribution is 2.23. The lowest BCUT2D eigenvalue weighted by atomic mass is 10.2. The molecule has 0 saturated carbocycles. The van der Waals surface area contributed by atoms with E-state index in [1.807, 2.05) is 60.7 Å². The minimum atomic E-state index is -0.431. The zero-order valence-electron chi connectivity index (χ0n) is 16.2. The van der Waals surface area contributed by atoms with E-state index in [9.17, 15) is 9.59 Å². The van der Waals surface area contributed by atoms with Gasteiger partial charge >= 0.3 is 0 Å². The number of nitrogens with zero attached hydrogens (tertiary/aromatic N) is 2. The lowest BCUT2D eigenvalue weighted by Gasteiger charge is -2.25. The van der Waals surface area contributed by atoms with Crippen LogP contribution in [0.25, 0.3) is 0 Å². The lowest BCUT2D eigenvalue weighted by Crippen LogP contribution is -2.40. The summed E-state index contributed by atoms with van der Waals surface area (Å²) in [5, 5.41) is 7.71. The van der Waals surface area contributed by atoms with E-state index in [4.69, 9.17) is 4.52 Å². The van der Waals surface area contributed by atoms with Crippen molar-refractivity contribution in [2.75, 3.05) is 16.1 Å². The Morgan fingerprint density at radius 1 is 1.07 bits per heavy atom. The van der Waals surface area contributed by atoms with E-state index in [1.165, 1.54) is 11.8 Å². The monoisotopic (exact) mass is 410 g/mol. The van der Waals surface area contributed by atoms with E-state index in [0.717, 1.165) is 11.4 Å². The fourth-order valence-corrected chi connectivity index (χ4v) is 3.20. The molecule has 2 amide bonds. The molecule has 1 aromatic heterocycles. The molecule has 3 aromatic rings. The number of aryl methyl sites for hydroxylation is 1. The van der Waals surface area contributed by atoms with Crippen LogP contribution in [0, 0.1) is 6.92 Å². The lowest BCUT2D eigenvalue weighted by molar-refractivity contribution is -0.118. The van der Waals surface area contributed by atoms with Crippen LogP contribution in [-0.4, -0.2) is 28.0 Å². The highest BCUT2D eigenvalue weighted by Gasteiger charge is 2.18. The van der Waals surface area contributed by atoms with Crippen molar-refractivity contribution in [3.63, 3.8) is 0 Å². The average molecular weight is 410 g/mol. The van der Waals surface area contributed by atoms with Gasteiger partial charge in [0.05, 0.1) is 22.4 Å². The fourth-order valence-electron chi connectivity index (χ4n) is 2.52. The number of hydrazine groups is 1. The van der Waals surface area contributed by atoms with Crippen molar-refractivity contribution in [2.45, 2.75) is 19.1 Å². The first-order chi connectivity index (χ1) is 14.0. The van der Waals surface area contributed by atoms with Crippen LogP contribution in [0.4, 0.5) is 17.2 Å². The number of aromatic nitrogens is 1. The van der Waals surface area contributed by atoms with E-state index < -0.39 is 5.25 Å². The minimum absolute atomic E-state index is 0.128. The number of carbonyl (C=O) groups is 2. The van der Waals surface area contributed by atoms with Crippen LogP contribution in [0.15, 0.2) is 71.3 Å². The molecule has 0 fully saturated rings. The number of rotatable bonds is 8. The number of hydrogen-bond acceptors (Lipinski definition) is 6. The van der Waals surface area contributed by atoms with Crippen LogP contribution in [0.1, 0.15) is 12.7 Å². The molecule has 1 atom stereocenters. The summed E-state index contributed by atoms with van der Waals surface area (Å²) in [6.07, 6.45) is 0. The Balaban J connectivity index is 1.58. The zero-order chi connectivity index (χ0) is 20.6. The molecule has 2 N–H and O–H groups in total. The Hall–Kier alpha value is -3.26. The number of para-hydroxylation sites is 2. The number of nitrogens with one attached hydrogen (secondary N) is 2. The smallest absolute Gasteiger partial charge is 0.248 e. The summed E-state index contributed by atoms with van der Waals surface area (Å²) in [5.74, 6) is 0.659. The molecule has 0 radical (unpaired) electrons. The molecular weight excluding hydrogens is 388 g/mol. The standard InChI is InChI=1S/C21H22N4O3S/c1-15-13-19(24-28-15)22-21(27)16(2)29-14-20(26)23-25(17-9-5-3-6-10-17)18-11-7-4-8-12-18/h3-13,16H,14H2,1-2H3,(H,23,26)(H,22,24,27). The van der Waals surface area contributed by atoms with Gasteiger partial charge < -0.3 is 9.84 Å². The number of anilines is 3. The highest BCUT2D eigenvalue weighted by atomic mass is 32.2. The second-order valence-electron chi connectivity index (χ2n) is 6.31. The second kappa shape index (κ2) is 9.79. The molecule has 0 spiro atoms. The van der Waals surface area contributed by atoms with Crippen LogP contribution in [0.2, 0.25) is 0 Å². The summed E-state index contributed by atoms with van der Waals surface area (Å²) in [4.78, 5) is 24.8. The van der Waals surface area contributed by atoms with Crippen molar-refractivity contribution >= 4 is 40.8 Å². The van der Waals surface area contributed by atoms with Crippen LogP contribution >= 0.6 is 11.8 Å². The molecule has 2 aromatic carbocycles. The molecule has 0 aliphatic heterocycles. The van der Waals surface area contributed by atoms with E-state index >= 15 is 0 Å². The van der Waals surface area contributed by atoms with Crippen molar-refractivity contribution in [1.29, 1.82) is 0 Å². The van der Waals surface area contributed by atoms with Gasteiger partial charge in [-0.15, -0.1) is 11.8 Å². The van der Waals surface area contributed by atoms with Crippen molar-refractivity contribution in [1.82, 2.24) is 10.6 Å². The first-order valence-corrected chi connectivity index (χ1v) is 10.1. The average Bonchev–Trinajstić information content (AvgIpc) is 3.16. The summed E-state index contributed by atoms with van der Waals surface area (Å²) in [6, 6.07) is 20.8. The Bertz CT molecular complexity index is 907. The van der Waals surface area contributed by atoms with Crippen molar-refractivity contribution < 1.29 is 14.1 Å². The molecule has 150 valence electrons. The molecule has 0 aliphatic rings. The van der Waals surface area contributed by atoms with Crippen LogP contribution in [0.3, 0.4) is 0 Å². The number of thioether (sulfide) groups is 1. The van der Waals surface area contributed by atoms with E-state index in [1.54, 1.807) is 24.9 Å². The summed E-state index contributed by atoms with van der Waals surface area (Å²) in [5.41, 5.74) is 4.59. The maximum atomic E-state index is 12.6. The van der Waals surface area contributed by atoms with Crippen LogP contribution in [0.5, 0.6) is 0 Å². The predicted molar refractivity (Wildman–Crippen MR) is 115 cm³/mol. The highest BCUT2D eigenvalue weighted by molar-refractivity contribution is 8.01. The van der Waals surface area contributed by atoms with Crippen molar-refractivity contribution in [2.24, 2.45) is 0 Å². The largest absolute Gasteiger partial charge is 0.360 e. The Morgan fingerprint density at radius 2 is 1.66 bits per heavy atom. The minimum Gasteiger partial charge on any atom is -0.360 e. The van der Waals surface area contributed by atoms with Gasteiger partial charge in [0, 0.05) is 6.07 Å². The van der Waals surface area contributed by atoms with Gasteiger partial charge in [-0.3, -0.25) is 20.0 Å². The SMILES string of the molecule is Cc1cc(NC(=O)C(C)SCC(=O)NN(c2ccccc2)c2ccccc2)no1. The molecule has 1 unspecified atom stereocenters. The van der Waals surface area contributed by atoms with E-state index in [0.29, 0.717) is 11.6 Å². The molecule has 7 nitrogen and oxygen atoms in total. The summed E-state index contributed by atoms with van der Waals surface area (Å²) in [7, 11) is 0. The normalized spacial score (nSPS) is 11.5. The zero-order valence-corrected chi connectivity index (χ0v) is 17.0. The van der Waals surface area contributed by atoms with E-state index in [-0.39, 0.29) is 17.6 Å². The van der Waals surface area contributed by atoms with Gasteiger partial charge in [-0.2, -0.15) is 0 Å². The third-order valence-electron chi connectivity index (χ3n) is 3.98. The molecule has 0 saturated heterocycles. The first-order valence-electron chi connectivity index (χ1n) is 9.08. The van der Waals surface area contributed by atoms with Crippen molar-refractivity contribution in [3.05, 3.63) is 72.5 Å². The van der Waals surface area contributed by atoms with Gasteiger partial charge in [-0.05, 0) is 38.1 Å². The summed E-state index contributed by atoms with van der Waals surface area (Å²) >= 11 is 1.24. The van der Waals surface area contributed by atoms with Crippen LogP contribution in [-0.2, 0) is 9.59 Å². The van der Waals surface area contributed by atoms with Crippen molar-refractivity contribution in [3.8, 4) is 0 Å². The maximum absolute atomic E-state index is 12.6. The van der Waals surface area contributed by atoms with Gasteiger partial charge in [0.25, 0.3) is 0 Å². The molecule has 3 rings (SSSR count). The van der Waals surface area contributed by atoms with Gasteiger partial charge in [0.1, 0.15) is 5.76 Å². The fraction of sp³-hybridized carbons (Fsp3) is 0.190. The van der Waals surface area contributed by atoms with Gasteiger partial charge in [-0.25, -0.2) is 0 Å². The molecule has 0 bridgehead atoms. The van der Waals surface area contributed by atoms with E-state index in [2.05, 4.69) is 15.9 Å². The third kappa shape index (κ3) is 5.86. The number of benzene rings is 2. The molecule has 0 aliphatic carbocycles. The summed E-state index contributed by atoms with van der Waals surface area (Å²) < 4.78 is 4.93. The van der Waals surface area contributed by atoms with Gasteiger partial charge in [-0.1, -0.05) is 41.6 Å². The quantitative estimate of drug-likeness (QED) is 0.548. The predicted octanol–water partition coefficient (Wildman–Crippen LogP) is 3.91.